The molecule has 4 heteroatoms. The fourth-order valence-corrected chi connectivity index (χ4v) is 2.66. The number of pyridine rings is 1. The predicted octanol–water partition coefficient (Wildman–Crippen LogP) is 3.56. The number of hydrogen-bond donors (Lipinski definition) is 0. The molecule has 0 N–H and O–H groups in total. The van der Waals surface area contributed by atoms with Crippen LogP contribution in [0.2, 0.25) is 0 Å². The zero-order valence-corrected chi connectivity index (χ0v) is 11.3. The van der Waals surface area contributed by atoms with Crippen molar-refractivity contribution < 1.29 is 4.74 Å². The Morgan fingerprint density at radius 1 is 0.900 bits per heavy atom. The Morgan fingerprint density at radius 3 is 2.40 bits per heavy atom. The van der Waals surface area contributed by atoms with Crippen molar-refractivity contribution in [2.24, 2.45) is 0 Å². The highest BCUT2D eigenvalue weighted by molar-refractivity contribution is 6.21. The zero-order valence-electron chi connectivity index (χ0n) is 11.3. The van der Waals surface area contributed by atoms with E-state index in [0.29, 0.717) is 5.88 Å². The number of hydrogen-bond acceptors (Lipinski definition) is 4. The van der Waals surface area contributed by atoms with Crippen molar-refractivity contribution in [3.8, 4) is 5.88 Å². The van der Waals surface area contributed by atoms with Gasteiger partial charge in [-0.2, -0.15) is 0 Å². The molecule has 0 aliphatic rings. The van der Waals surface area contributed by atoms with E-state index in [2.05, 4.69) is 15.0 Å². The fraction of sp³-hybridized carbons (Fsp3) is 0.188. The Kier molecular flexibility index (Phi) is 2.27. The number of rotatable bonds is 2. The van der Waals surface area contributed by atoms with E-state index in [9.17, 15) is 0 Å². The minimum absolute atomic E-state index is 0.0947. The van der Waals surface area contributed by atoms with Crippen molar-refractivity contribution in [1.82, 2.24) is 15.0 Å². The summed E-state index contributed by atoms with van der Waals surface area (Å²) in [4.78, 5) is 13.1. The van der Waals surface area contributed by atoms with Gasteiger partial charge in [-0.15, -0.1) is 0 Å². The molecule has 0 bridgehead atoms. The summed E-state index contributed by atoms with van der Waals surface area (Å²) in [6.45, 7) is 4.01. The molecule has 0 atom stereocenters. The van der Waals surface area contributed by atoms with Gasteiger partial charge in [0.15, 0.2) is 0 Å². The van der Waals surface area contributed by atoms with Crippen molar-refractivity contribution in [3.63, 3.8) is 0 Å². The van der Waals surface area contributed by atoms with E-state index in [0.717, 1.165) is 32.6 Å². The van der Waals surface area contributed by atoms with Gasteiger partial charge in [0.2, 0.25) is 5.88 Å². The molecule has 0 saturated heterocycles. The molecular weight excluding hydrogens is 250 g/mol. The lowest BCUT2D eigenvalue weighted by molar-refractivity contribution is 0.236. The molecule has 0 aliphatic carbocycles. The topological polar surface area (TPSA) is 47.9 Å². The number of benzene rings is 2. The Labute approximate surface area is 115 Å². The van der Waals surface area contributed by atoms with Crippen LogP contribution < -0.4 is 4.74 Å². The maximum atomic E-state index is 5.82. The SMILES string of the molecule is CC(C)Oc1ncc2ccc3ncnc4ccc1c2c34. The van der Waals surface area contributed by atoms with Crippen molar-refractivity contribution in [2.45, 2.75) is 20.0 Å². The average molecular weight is 263 g/mol. The monoisotopic (exact) mass is 263 g/mol. The van der Waals surface area contributed by atoms with Crippen LogP contribution in [0.5, 0.6) is 5.88 Å². The van der Waals surface area contributed by atoms with E-state index in [4.69, 9.17) is 4.74 Å². The highest BCUT2D eigenvalue weighted by Crippen LogP contribution is 2.35. The normalized spacial score (nSPS) is 11.9. The molecule has 2 heterocycles. The molecule has 4 nitrogen and oxygen atoms in total. The lowest BCUT2D eigenvalue weighted by atomic mass is 10.0. The first kappa shape index (κ1) is 11.3. The molecule has 0 fully saturated rings. The Bertz CT molecular complexity index is 902. The van der Waals surface area contributed by atoms with Crippen molar-refractivity contribution >= 4 is 32.6 Å². The van der Waals surface area contributed by atoms with Crippen LogP contribution in [0.3, 0.4) is 0 Å². The fourth-order valence-electron chi connectivity index (χ4n) is 2.66. The molecule has 2 aromatic heterocycles. The molecule has 98 valence electrons. The second kappa shape index (κ2) is 4.00. The van der Waals surface area contributed by atoms with E-state index in [-0.39, 0.29) is 6.10 Å². The van der Waals surface area contributed by atoms with Crippen LogP contribution in [0.15, 0.2) is 36.8 Å². The summed E-state index contributed by atoms with van der Waals surface area (Å²) in [6.07, 6.45) is 3.55. The third kappa shape index (κ3) is 1.51. The van der Waals surface area contributed by atoms with Crippen LogP contribution in [0.4, 0.5) is 0 Å². The van der Waals surface area contributed by atoms with Crippen LogP contribution in [-0.4, -0.2) is 21.1 Å². The number of aromatic nitrogens is 3. The van der Waals surface area contributed by atoms with Gasteiger partial charge in [0.05, 0.1) is 17.1 Å². The molecule has 0 amide bonds. The van der Waals surface area contributed by atoms with Gasteiger partial charge in [-0.05, 0) is 32.0 Å². The first-order chi connectivity index (χ1) is 9.74. The average Bonchev–Trinajstić information content (AvgIpc) is 2.46. The zero-order chi connectivity index (χ0) is 13.7. The van der Waals surface area contributed by atoms with Crippen molar-refractivity contribution in [3.05, 3.63) is 36.8 Å². The highest BCUT2D eigenvalue weighted by atomic mass is 16.5. The molecule has 2 aromatic carbocycles. The second-order valence-corrected chi connectivity index (χ2v) is 5.16. The Hall–Kier alpha value is -2.49. The van der Waals surface area contributed by atoms with Crippen molar-refractivity contribution in [2.75, 3.05) is 0 Å². The third-order valence-electron chi connectivity index (χ3n) is 3.44. The lowest BCUT2D eigenvalue weighted by Crippen LogP contribution is -2.07. The Morgan fingerprint density at radius 2 is 1.65 bits per heavy atom. The lowest BCUT2D eigenvalue weighted by Gasteiger charge is -2.14. The highest BCUT2D eigenvalue weighted by Gasteiger charge is 2.14. The molecule has 0 spiro atoms. The summed E-state index contributed by atoms with van der Waals surface area (Å²) in [6, 6.07) is 8.09. The van der Waals surface area contributed by atoms with Crippen LogP contribution >= 0.6 is 0 Å². The van der Waals surface area contributed by atoms with E-state index in [1.54, 1.807) is 6.33 Å². The standard InChI is InChI=1S/C16H13N3O/c1-9(2)20-16-11-4-6-13-15-12(18-8-19-13)5-3-10(7-17-16)14(11)15/h3-9H,1-2H3. The second-order valence-electron chi connectivity index (χ2n) is 5.16. The summed E-state index contributed by atoms with van der Waals surface area (Å²) in [5, 5.41) is 4.32. The minimum Gasteiger partial charge on any atom is -0.475 e. The Balaban J connectivity index is 2.20. The largest absolute Gasteiger partial charge is 0.475 e. The van der Waals surface area contributed by atoms with Crippen LogP contribution in [-0.2, 0) is 0 Å². The first-order valence-corrected chi connectivity index (χ1v) is 6.65. The summed E-state index contributed by atoms with van der Waals surface area (Å²) >= 11 is 0. The molecule has 4 aromatic rings. The first-order valence-electron chi connectivity index (χ1n) is 6.65. The van der Waals surface area contributed by atoms with Gasteiger partial charge in [-0.25, -0.2) is 15.0 Å². The smallest absolute Gasteiger partial charge is 0.221 e. The molecule has 0 aliphatic heterocycles. The third-order valence-corrected chi connectivity index (χ3v) is 3.44. The number of nitrogens with zero attached hydrogens (tertiary/aromatic N) is 3. The summed E-state index contributed by atoms with van der Waals surface area (Å²) in [5.74, 6) is 0.672. The van der Waals surface area contributed by atoms with E-state index < -0.39 is 0 Å². The van der Waals surface area contributed by atoms with Gasteiger partial charge in [-0.3, -0.25) is 0 Å². The molecule has 0 unspecified atom stereocenters. The van der Waals surface area contributed by atoms with Crippen LogP contribution in [0, 0.1) is 0 Å². The van der Waals surface area contributed by atoms with Crippen molar-refractivity contribution in [1.29, 1.82) is 0 Å². The van der Waals surface area contributed by atoms with Gasteiger partial charge in [0.1, 0.15) is 6.33 Å². The molecule has 0 radical (unpaired) electrons. The summed E-state index contributed by atoms with van der Waals surface area (Å²) in [7, 11) is 0. The van der Waals surface area contributed by atoms with Gasteiger partial charge in [0, 0.05) is 27.7 Å². The van der Waals surface area contributed by atoms with E-state index >= 15 is 0 Å². The maximum absolute atomic E-state index is 5.82. The van der Waals surface area contributed by atoms with Gasteiger partial charge in [0.25, 0.3) is 0 Å². The summed E-state index contributed by atoms with van der Waals surface area (Å²) in [5.41, 5.74) is 1.91. The minimum atomic E-state index is 0.0947. The molecular formula is C16H13N3O. The van der Waals surface area contributed by atoms with Crippen LogP contribution in [0.1, 0.15) is 13.8 Å². The quantitative estimate of drug-likeness (QED) is 0.519. The summed E-state index contributed by atoms with van der Waals surface area (Å²) < 4.78 is 5.82. The van der Waals surface area contributed by atoms with E-state index in [1.807, 2.05) is 44.3 Å². The predicted molar refractivity (Wildman–Crippen MR) is 79.3 cm³/mol. The molecule has 20 heavy (non-hydrogen) atoms. The van der Waals surface area contributed by atoms with Crippen LogP contribution in [0.25, 0.3) is 32.6 Å². The van der Waals surface area contributed by atoms with Gasteiger partial charge < -0.3 is 4.74 Å². The maximum Gasteiger partial charge on any atom is 0.221 e. The van der Waals surface area contributed by atoms with Gasteiger partial charge >= 0.3 is 0 Å². The van der Waals surface area contributed by atoms with E-state index in [1.165, 1.54) is 0 Å². The van der Waals surface area contributed by atoms with Gasteiger partial charge in [-0.1, -0.05) is 6.07 Å². The molecule has 4 rings (SSSR count). The number of ether oxygens (including phenoxy) is 1. The molecule has 0 saturated carbocycles.